The van der Waals surface area contributed by atoms with E-state index in [9.17, 15) is 14.7 Å². The van der Waals surface area contributed by atoms with Crippen molar-refractivity contribution in [2.24, 2.45) is 0 Å². The van der Waals surface area contributed by atoms with E-state index in [0.717, 1.165) is 23.1 Å². The van der Waals surface area contributed by atoms with Crippen LogP contribution in [0.3, 0.4) is 0 Å². The van der Waals surface area contributed by atoms with Crippen molar-refractivity contribution in [3.8, 4) is 11.3 Å². The van der Waals surface area contributed by atoms with Crippen molar-refractivity contribution >= 4 is 12.1 Å². The van der Waals surface area contributed by atoms with Gasteiger partial charge in [-0.2, -0.15) is 5.10 Å². The molecular weight excluding hydrogens is 336 g/mol. The SMILES string of the molecule is CC(C)(C)OC(=O)NCCn1nc2c(c1C(=O)O)CCc1cnccc1-2. The van der Waals surface area contributed by atoms with E-state index in [4.69, 9.17) is 4.74 Å². The fraction of sp³-hybridized carbons (Fsp3) is 0.444. The molecule has 2 aromatic heterocycles. The Morgan fingerprint density at radius 3 is 2.81 bits per heavy atom. The van der Waals surface area contributed by atoms with Gasteiger partial charge in [0.15, 0.2) is 0 Å². The van der Waals surface area contributed by atoms with Gasteiger partial charge in [0.25, 0.3) is 0 Å². The maximum Gasteiger partial charge on any atom is 0.407 e. The highest BCUT2D eigenvalue weighted by molar-refractivity contribution is 5.90. The van der Waals surface area contributed by atoms with Crippen molar-refractivity contribution in [3.63, 3.8) is 0 Å². The Kier molecular flexibility index (Phi) is 4.67. The summed E-state index contributed by atoms with van der Waals surface area (Å²) in [6, 6.07) is 1.86. The van der Waals surface area contributed by atoms with E-state index in [-0.39, 0.29) is 18.8 Å². The van der Waals surface area contributed by atoms with Crippen LogP contribution in [0.15, 0.2) is 18.5 Å². The van der Waals surface area contributed by atoms with Crippen molar-refractivity contribution in [2.45, 2.75) is 45.8 Å². The van der Waals surface area contributed by atoms with Gasteiger partial charge in [-0.15, -0.1) is 0 Å². The second-order valence-corrected chi connectivity index (χ2v) is 7.17. The van der Waals surface area contributed by atoms with Crippen molar-refractivity contribution in [1.82, 2.24) is 20.1 Å². The van der Waals surface area contributed by atoms with Gasteiger partial charge in [-0.25, -0.2) is 9.59 Å². The third-order valence-corrected chi connectivity index (χ3v) is 4.05. The standard InChI is InChI=1S/C18H22N4O4/c1-18(2,3)26-17(25)20-8-9-22-15(16(23)24)13-5-4-11-10-19-7-6-12(11)14(13)21-22/h6-7,10H,4-5,8-9H2,1-3H3,(H,20,25)(H,23,24). The Balaban J connectivity index is 1.80. The molecule has 2 aromatic rings. The van der Waals surface area contributed by atoms with E-state index in [2.05, 4.69) is 15.4 Å². The van der Waals surface area contributed by atoms with Crippen molar-refractivity contribution in [3.05, 3.63) is 35.3 Å². The number of pyridine rings is 1. The first-order chi connectivity index (χ1) is 12.3. The molecule has 8 heteroatoms. The van der Waals surface area contributed by atoms with Crippen LogP contribution in [-0.4, -0.2) is 44.1 Å². The lowest BCUT2D eigenvalue weighted by Gasteiger charge is -2.19. The number of carboxylic acids is 1. The zero-order valence-corrected chi connectivity index (χ0v) is 15.1. The number of ether oxygens (including phenoxy) is 1. The van der Waals surface area contributed by atoms with Crippen LogP contribution in [0.5, 0.6) is 0 Å². The van der Waals surface area contributed by atoms with Crippen LogP contribution in [0.4, 0.5) is 4.79 Å². The summed E-state index contributed by atoms with van der Waals surface area (Å²) < 4.78 is 6.62. The van der Waals surface area contributed by atoms with Crippen molar-refractivity contribution in [1.29, 1.82) is 0 Å². The zero-order valence-electron chi connectivity index (χ0n) is 15.1. The predicted molar refractivity (Wildman–Crippen MR) is 94.1 cm³/mol. The molecule has 0 fully saturated rings. The molecule has 0 unspecified atom stereocenters. The maximum atomic E-state index is 11.8. The molecule has 8 nitrogen and oxygen atoms in total. The number of hydrogen-bond acceptors (Lipinski definition) is 5. The first-order valence-electron chi connectivity index (χ1n) is 8.49. The zero-order chi connectivity index (χ0) is 18.9. The second kappa shape index (κ2) is 6.78. The minimum atomic E-state index is -1.02. The first-order valence-corrected chi connectivity index (χ1v) is 8.49. The highest BCUT2D eigenvalue weighted by atomic mass is 16.6. The van der Waals surface area contributed by atoms with Gasteiger partial charge in [0, 0.05) is 30.1 Å². The molecule has 2 heterocycles. The minimum absolute atomic E-state index is 0.174. The van der Waals surface area contributed by atoms with Gasteiger partial charge >= 0.3 is 12.1 Å². The second-order valence-electron chi connectivity index (χ2n) is 7.17. The molecule has 0 radical (unpaired) electrons. The van der Waals surface area contributed by atoms with Gasteiger partial charge in [0.05, 0.1) is 12.2 Å². The van der Waals surface area contributed by atoms with Gasteiger partial charge in [-0.3, -0.25) is 9.67 Å². The monoisotopic (exact) mass is 358 g/mol. The topological polar surface area (TPSA) is 106 Å². The Hall–Kier alpha value is -2.90. The number of amides is 1. The average molecular weight is 358 g/mol. The summed E-state index contributed by atoms with van der Waals surface area (Å²) in [7, 11) is 0. The van der Waals surface area contributed by atoms with Gasteiger partial charge in [-0.1, -0.05) is 0 Å². The Morgan fingerprint density at radius 1 is 1.35 bits per heavy atom. The molecule has 0 spiro atoms. The van der Waals surface area contributed by atoms with Crippen LogP contribution < -0.4 is 5.32 Å². The summed E-state index contributed by atoms with van der Waals surface area (Å²) in [5.74, 6) is -1.02. The van der Waals surface area contributed by atoms with Crippen LogP contribution in [0, 0.1) is 0 Å². The highest BCUT2D eigenvalue weighted by Crippen LogP contribution is 2.33. The van der Waals surface area contributed by atoms with Crippen LogP contribution >= 0.6 is 0 Å². The van der Waals surface area contributed by atoms with Gasteiger partial charge < -0.3 is 15.2 Å². The molecule has 1 aliphatic rings. The van der Waals surface area contributed by atoms with E-state index in [1.165, 1.54) is 4.68 Å². The summed E-state index contributed by atoms with van der Waals surface area (Å²) >= 11 is 0. The molecule has 0 bridgehead atoms. The number of fused-ring (bicyclic) bond motifs is 3. The number of alkyl carbamates (subject to hydrolysis) is 1. The minimum Gasteiger partial charge on any atom is -0.477 e. The molecule has 0 saturated carbocycles. The van der Waals surface area contributed by atoms with Crippen LogP contribution in [-0.2, 0) is 24.1 Å². The Labute approximate surface area is 151 Å². The number of carboxylic acid groups (broad SMARTS) is 1. The number of nitrogens with zero attached hydrogens (tertiary/aromatic N) is 3. The Bertz CT molecular complexity index is 851. The number of nitrogens with one attached hydrogen (secondary N) is 1. The lowest BCUT2D eigenvalue weighted by atomic mass is 9.90. The average Bonchev–Trinajstić information content (AvgIpc) is 2.92. The molecule has 3 rings (SSSR count). The fourth-order valence-electron chi connectivity index (χ4n) is 3.05. The molecule has 0 atom stereocenters. The number of hydrogen-bond donors (Lipinski definition) is 2. The molecule has 0 aliphatic heterocycles. The van der Waals surface area contributed by atoms with Crippen LogP contribution in [0.1, 0.15) is 42.4 Å². The fourth-order valence-corrected chi connectivity index (χ4v) is 3.05. The summed E-state index contributed by atoms with van der Waals surface area (Å²) in [5.41, 5.74) is 2.99. The molecule has 138 valence electrons. The van der Waals surface area contributed by atoms with E-state index < -0.39 is 17.7 Å². The third-order valence-electron chi connectivity index (χ3n) is 4.05. The van der Waals surface area contributed by atoms with E-state index in [0.29, 0.717) is 12.1 Å². The quantitative estimate of drug-likeness (QED) is 0.868. The lowest BCUT2D eigenvalue weighted by Crippen LogP contribution is -2.34. The van der Waals surface area contributed by atoms with Gasteiger partial charge in [-0.05, 0) is 45.2 Å². The summed E-state index contributed by atoms with van der Waals surface area (Å²) in [4.78, 5) is 27.6. The van der Waals surface area contributed by atoms with Gasteiger partial charge in [0.1, 0.15) is 11.3 Å². The molecule has 0 aromatic carbocycles. The summed E-state index contributed by atoms with van der Waals surface area (Å²) in [5, 5.41) is 16.8. The molecule has 1 amide bonds. The van der Waals surface area contributed by atoms with E-state index in [1.807, 2.05) is 6.07 Å². The molecule has 0 saturated heterocycles. The Morgan fingerprint density at radius 2 is 2.12 bits per heavy atom. The van der Waals surface area contributed by atoms with Crippen molar-refractivity contribution < 1.29 is 19.4 Å². The summed E-state index contributed by atoms with van der Waals surface area (Å²) in [6.07, 6.45) is 4.27. The molecule has 1 aliphatic carbocycles. The van der Waals surface area contributed by atoms with E-state index in [1.54, 1.807) is 33.2 Å². The molecular formula is C18H22N4O4. The smallest absolute Gasteiger partial charge is 0.407 e. The number of carbonyl (C=O) groups excluding carboxylic acids is 1. The number of aromatic carboxylic acids is 1. The highest BCUT2D eigenvalue weighted by Gasteiger charge is 2.28. The lowest BCUT2D eigenvalue weighted by molar-refractivity contribution is 0.0525. The number of aryl methyl sites for hydroxylation is 1. The molecule has 2 N–H and O–H groups in total. The number of rotatable bonds is 4. The largest absolute Gasteiger partial charge is 0.477 e. The maximum absolute atomic E-state index is 11.8. The van der Waals surface area contributed by atoms with E-state index >= 15 is 0 Å². The van der Waals surface area contributed by atoms with Crippen molar-refractivity contribution in [2.75, 3.05) is 6.54 Å². The van der Waals surface area contributed by atoms with Gasteiger partial charge in [0.2, 0.25) is 0 Å². The molecule has 26 heavy (non-hydrogen) atoms. The number of carbonyl (C=O) groups is 2. The van der Waals surface area contributed by atoms with Crippen LogP contribution in [0.25, 0.3) is 11.3 Å². The number of aromatic nitrogens is 3. The first kappa shape index (κ1) is 17.9. The third kappa shape index (κ3) is 3.68. The normalized spacial score (nSPS) is 12.9. The van der Waals surface area contributed by atoms with Crippen LogP contribution in [0.2, 0.25) is 0 Å². The predicted octanol–water partition coefficient (Wildman–Crippen LogP) is 2.27. The summed E-state index contributed by atoms with van der Waals surface area (Å²) in [6.45, 7) is 5.81.